The SMILES string of the molecule is CC(C(=O)O[C@H](C)C(NC(=O)OC(C)(C)C)C(=O)OC(C)(C)C)c1cccc(C(=O)c2ccccc2)c1. The zero-order valence-electron chi connectivity index (χ0n) is 22.8. The van der Waals surface area contributed by atoms with E-state index in [2.05, 4.69) is 5.32 Å². The van der Waals surface area contributed by atoms with E-state index in [0.29, 0.717) is 16.7 Å². The van der Waals surface area contributed by atoms with E-state index in [0.717, 1.165) is 0 Å². The molecule has 8 heteroatoms. The van der Waals surface area contributed by atoms with Crippen molar-refractivity contribution in [3.8, 4) is 0 Å². The molecule has 1 N–H and O–H groups in total. The first-order valence-corrected chi connectivity index (χ1v) is 12.2. The predicted molar refractivity (Wildman–Crippen MR) is 139 cm³/mol. The van der Waals surface area contributed by atoms with Gasteiger partial charge in [0.05, 0.1) is 5.92 Å². The van der Waals surface area contributed by atoms with Crippen molar-refractivity contribution in [3.05, 3.63) is 71.3 Å². The van der Waals surface area contributed by atoms with Gasteiger partial charge in [-0.2, -0.15) is 0 Å². The summed E-state index contributed by atoms with van der Waals surface area (Å²) in [5.41, 5.74) is -0.0631. The zero-order chi connectivity index (χ0) is 28.0. The number of hydrogen-bond acceptors (Lipinski definition) is 7. The van der Waals surface area contributed by atoms with Crippen LogP contribution in [0.2, 0.25) is 0 Å². The number of benzene rings is 2. The quantitative estimate of drug-likeness (QED) is 0.295. The second-order valence-corrected chi connectivity index (χ2v) is 10.8. The number of amides is 1. The highest BCUT2D eigenvalue weighted by Gasteiger charge is 2.35. The van der Waals surface area contributed by atoms with Gasteiger partial charge in [0, 0.05) is 11.1 Å². The molecule has 8 nitrogen and oxygen atoms in total. The molecule has 0 radical (unpaired) electrons. The number of carbonyl (C=O) groups excluding carboxylic acids is 4. The van der Waals surface area contributed by atoms with Crippen molar-refractivity contribution < 1.29 is 33.4 Å². The van der Waals surface area contributed by atoms with Gasteiger partial charge in [-0.1, -0.05) is 48.5 Å². The van der Waals surface area contributed by atoms with Gasteiger partial charge in [0.25, 0.3) is 0 Å². The maximum atomic E-state index is 13.0. The average molecular weight is 512 g/mol. The smallest absolute Gasteiger partial charge is 0.408 e. The van der Waals surface area contributed by atoms with Crippen molar-refractivity contribution in [3.63, 3.8) is 0 Å². The van der Waals surface area contributed by atoms with E-state index in [1.165, 1.54) is 6.92 Å². The molecular formula is C29H37NO7. The number of alkyl carbamates (subject to hydrolysis) is 1. The summed E-state index contributed by atoms with van der Waals surface area (Å²) < 4.78 is 16.3. The van der Waals surface area contributed by atoms with Crippen molar-refractivity contribution in [2.24, 2.45) is 0 Å². The van der Waals surface area contributed by atoms with Crippen LogP contribution in [0.1, 0.15) is 82.8 Å². The molecule has 2 rings (SSSR count). The fourth-order valence-electron chi connectivity index (χ4n) is 3.36. The number of nitrogens with one attached hydrogen (secondary N) is 1. The zero-order valence-corrected chi connectivity index (χ0v) is 22.8. The van der Waals surface area contributed by atoms with E-state index >= 15 is 0 Å². The molecule has 0 fully saturated rings. The topological polar surface area (TPSA) is 108 Å². The highest BCUT2D eigenvalue weighted by Crippen LogP contribution is 2.22. The molecule has 1 amide bonds. The Hall–Kier alpha value is -3.68. The van der Waals surface area contributed by atoms with E-state index in [-0.39, 0.29) is 5.78 Å². The van der Waals surface area contributed by atoms with Gasteiger partial charge in [0.2, 0.25) is 0 Å². The largest absolute Gasteiger partial charge is 0.459 e. The molecule has 0 saturated heterocycles. The van der Waals surface area contributed by atoms with Gasteiger partial charge in [-0.25, -0.2) is 9.59 Å². The summed E-state index contributed by atoms with van der Waals surface area (Å²) in [6.45, 7) is 13.3. The van der Waals surface area contributed by atoms with E-state index in [1.54, 1.807) is 97.0 Å². The Morgan fingerprint density at radius 1 is 0.730 bits per heavy atom. The minimum Gasteiger partial charge on any atom is -0.459 e. The summed E-state index contributed by atoms with van der Waals surface area (Å²) >= 11 is 0. The third-order valence-corrected chi connectivity index (χ3v) is 5.14. The van der Waals surface area contributed by atoms with Crippen LogP contribution in [0.15, 0.2) is 54.6 Å². The molecule has 2 aromatic rings. The van der Waals surface area contributed by atoms with Crippen molar-refractivity contribution >= 4 is 23.8 Å². The van der Waals surface area contributed by atoms with Crippen LogP contribution in [-0.4, -0.2) is 47.2 Å². The third-order valence-electron chi connectivity index (χ3n) is 5.14. The summed E-state index contributed by atoms with van der Waals surface area (Å²) in [5, 5.41) is 2.46. The van der Waals surface area contributed by atoms with Gasteiger partial charge in [-0.15, -0.1) is 0 Å². The molecule has 0 saturated carbocycles. The average Bonchev–Trinajstić information content (AvgIpc) is 2.79. The van der Waals surface area contributed by atoms with E-state index in [1.807, 2.05) is 6.07 Å². The second-order valence-electron chi connectivity index (χ2n) is 10.8. The van der Waals surface area contributed by atoms with Crippen LogP contribution >= 0.6 is 0 Å². The Morgan fingerprint density at radius 3 is 1.86 bits per heavy atom. The van der Waals surface area contributed by atoms with Crippen LogP contribution in [0.4, 0.5) is 4.79 Å². The first-order chi connectivity index (χ1) is 17.1. The van der Waals surface area contributed by atoms with Crippen LogP contribution in [0.5, 0.6) is 0 Å². The Morgan fingerprint density at radius 2 is 1.30 bits per heavy atom. The van der Waals surface area contributed by atoms with Crippen LogP contribution in [0.25, 0.3) is 0 Å². The lowest BCUT2D eigenvalue weighted by Crippen LogP contribution is -2.52. The number of carbonyl (C=O) groups is 4. The van der Waals surface area contributed by atoms with Gasteiger partial charge in [0.1, 0.15) is 17.3 Å². The summed E-state index contributed by atoms with van der Waals surface area (Å²) in [4.78, 5) is 51.1. The fourth-order valence-corrected chi connectivity index (χ4v) is 3.36. The first kappa shape index (κ1) is 29.5. The highest BCUT2D eigenvalue weighted by atomic mass is 16.6. The number of ketones is 1. The Bertz CT molecular complexity index is 1110. The molecule has 37 heavy (non-hydrogen) atoms. The van der Waals surface area contributed by atoms with Gasteiger partial charge >= 0.3 is 18.0 Å². The minimum absolute atomic E-state index is 0.164. The number of hydrogen-bond donors (Lipinski definition) is 1. The first-order valence-electron chi connectivity index (χ1n) is 12.2. The van der Waals surface area contributed by atoms with Crippen molar-refractivity contribution in [2.75, 3.05) is 0 Å². The standard InChI is InChI=1S/C29H37NO7/c1-18(21-15-12-16-22(17-21)24(31)20-13-10-9-11-14-20)25(32)35-19(2)23(26(33)36-28(3,4)5)30-27(34)37-29(6,7)8/h9-19,23H,1-8H3,(H,30,34)/t18?,19-,23?/m1/s1. The summed E-state index contributed by atoms with van der Waals surface area (Å²) in [6.07, 6.45) is -1.90. The predicted octanol–water partition coefficient (Wildman–Crippen LogP) is 5.19. The van der Waals surface area contributed by atoms with Gasteiger partial charge < -0.3 is 19.5 Å². The molecule has 2 aromatic carbocycles. The monoisotopic (exact) mass is 511 g/mol. The normalized spacial score (nSPS) is 14.1. The van der Waals surface area contributed by atoms with Crippen molar-refractivity contribution in [1.82, 2.24) is 5.32 Å². The molecule has 3 atom stereocenters. The highest BCUT2D eigenvalue weighted by molar-refractivity contribution is 6.09. The van der Waals surface area contributed by atoms with Crippen molar-refractivity contribution in [1.29, 1.82) is 0 Å². The van der Waals surface area contributed by atoms with Crippen molar-refractivity contribution in [2.45, 2.75) is 84.7 Å². The maximum Gasteiger partial charge on any atom is 0.408 e. The Labute approximate surface area is 218 Å². The molecule has 200 valence electrons. The molecular weight excluding hydrogens is 474 g/mol. The Balaban J connectivity index is 2.19. The maximum absolute atomic E-state index is 13.0. The van der Waals surface area contributed by atoms with E-state index in [4.69, 9.17) is 14.2 Å². The fraction of sp³-hybridized carbons (Fsp3) is 0.448. The van der Waals surface area contributed by atoms with Crippen LogP contribution in [-0.2, 0) is 23.8 Å². The third kappa shape index (κ3) is 9.37. The van der Waals surface area contributed by atoms with Gasteiger partial charge in [0.15, 0.2) is 11.8 Å². The number of rotatable bonds is 8. The van der Waals surface area contributed by atoms with Gasteiger partial charge in [-0.05, 0) is 67.0 Å². The van der Waals surface area contributed by atoms with E-state index < -0.39 is 47.3 Å². The molecule has 0 bridgehead atoms. The van der Waals surface area contributed by atoms with Crippen LogP contribution in [0.3, 0.4) is 0 Å². The summed E-state index contributed by atoms with van der Waals surface area (Å²) in [7, 11) is 0. The van der Waals surface area contributed by atoms with Crippen LogP contribution < -0.4 is 5.32 Å². The minimum atomic E-state index is -1.30. The molecule has 0 aliphatic rings. The molecule has 0 aliphatic carbocycles. The molecule has 0 spiro atoms. The lowest BCUT2D eigenvalue weighted by molar-refractivity contribution is -0.165. The lowest BCUT2D eigenvalue weighted by atomic mass is 9.95. The van der Waals surface area contributed by atoms with Crippen LogP contribution in [0, 0.1) is 0 Å². The molecule has 0 aliphatic heterocycles. The molecule has 0 heterocycles. The number of esters is 2. The van der Waals surface area contributed by atoms with Gasteiger partial charge in [-0.3, -0.25) is 9.59 Å². The number of ether oxygens (including phenoxy) is 3. The Kier molecular flexibility index (Phi) is 9.61. The summed E-state index contributed by atoms with van der Waals surface area (Å²) in [5.74, 6) is -2.30. The molecule has 2 unspecified atom stereocenters. The second kappa shape index (κ2) is 12.0. The van der Waals surface area contributed by atoms with E-state index in [9.17, 15) is 19.2 Å². The molecule has 0 aromatic heterocycles. The summed E-state index contributed by atoms with van der Waals surface area (Å²) in [6, 6.07) is 14.3. The lowest BCUT2D eigenvalue weighted by Gasteiger charge is -2.29.